The molecule has 1 N–H and O–H groups in total. The summed E-state index contributed by atoms with van der Waals surface area (Å²) in [7, 11) is 0. The average Bonchev–Trinajstić information content (AvgIpc) is 2.56. The molecule has 0 aliphatic rings. The number of carbonyl (C=O) groups is 1. The highest BCUT2D eigenvalue weighted by molar-refractivity contribution is 5.81. The Bertz CT molecular complexity index is 595. The molecule has 116 valence electrons. The third kappa shape index (κ3) is 3.37. The number of rotatable bonds is 7. The van der Waals surface area contributed by atoms with E-state index in [1.807, 2.05) is 67.6 Å². The maximum Gasteiger partial charge on any atom is 0.316 e. The Morgan fingerprint density at radius 3 is 2.14 bits per heavy atom. The van der Waals surface area contributed by atoms with Crippen LogP contribution >= 0.6 is 0 Å². The molecule has 0 heterocycles. The summed E-state index contributed by atoms with van der Waals surface area (Å²) >= 11 is 0. The summed E-state index contributed by atoms with van der Waals surface area (Å²) in [6, 6.07) is 19.1. The second-order valence-electron chi connectivity index (χ2n) is 5.57. The van der Waals surface area contributed by atoms with Crippen molar-refractivity contribution in [3.63, 3.8) is 0 Å². The van der Waals surface area contributed by atoms with Crippen molar-refractivity contribution in [2.75, 3.05) is 0 Å². The van der Waals surface area contributed by atoms with Crippen molar-refractivity contribution in [1.82, 2.24) is 0 Å². The summed E-state index contributed by atoms with van der Waals surface area (Å²) in [4.78, 5) is 12.0. The van der Waals surface area contributed by atoms with Gasteiger partial charge in [0.2, 0.25) is 0 Å². The van der Waals surface area contributed by atoms with Crippen LogP contribution in [-0.4, -0.2) is 17.2 Å². The Hall–Kier alpha value is -2.13. The maximum absolute atomic E-state index is 12.0. The minimum absolute atomic E-state index is 0.396. The monoisotopic (exact) mass is 298 g/mol. The second-order valence-corrected chi connectivity index (χ2v) is 5.57. The molecule has 0 radical (unpaired) electrons. The zero-order valence-corrected chi connectivity index (χ0v) is 13.0. The third-order valence-electron chi connectivity index (χ3n) is 4.13. The summed E-state index contributed by atoms with van der Waals surface area (Å²) in [5.41, 5.74) is 0.745. The molecule has 2 rings (SSSR count). The van der Waals surface area contributed by atoms with Gasteiger partial charge in [0.1, 0.15) is 5.41 Å². The predicted octanol–water partition coefficient (Wildman–Crippen LogP) is 4.02. The molecule has 0 fully saturated rings. The van der Waals surface area contributed by atoms with Crippen molar-refractivity contribution in [2.45, 2.75) is 38.4 Å². The largest absolute Gasteiger partial charge is 0.481 e. The van der Waals surface area contributed by atoms with Gasteiger partial charge >= 0.3 is 5.97 Å². The van der Waals surface area contributed by atoms with Crippen LogP contribution in [0.25, 0.3) is 0 Å². The average molecular weight is 298 g/mol. The molecule has 22 heavy (non-hydrogen) atoms. The Labute approximate surface area is 131 Å². The first kappa shape index (κ1) is 16.2. The molecule has 0 spiro atoms. The first-order valence-electron chi connectivity index (χ1n) is 7.53. The van der Waals surface area contributed by atoms with E-state index in [0.29, 0.717) is 13.0 Å². The van der Waals surface area contributed by atoms with Gasteiger partial charge in [-0.1, -0.05) is 67.6 Å². The van der Waals surface area contributed by atoms with Gasteiger partial charge in [0.05, 0.1) is 12.7 Å². The van der Waals surface area contributed by atoms with Crippen LogP contribution in [-0.2, 0) is 21.6 Å². The lowest BCUT2D eigenvalue weighted by molar-refractivity contribution is -0.150. The standard InChI is InChI=1S/C19H22O3/c1-3-17(22-14-15-10-6-4-7-11-15)19(2,18(20)21)16-12-8-5-9-13-16/h4-13,17H,3,14H2,1-2H3,(H,20,21). The molecule has 0 saturated carbocycles. The van der Waals surface area contributed by atoms with Gasteiger partial charge < -0.3 is 9.84 Å². The van der Waals surface area contributed by atoms with Crippen LogP contribution in [0.1, 0.15) is 31.4 Å². The minimum Gasteiger partial charge on any atom is -0.481 e. The van der Waals surface area contributed by atoms with Gasteiger partial charge in [0, 0.05) is 0 Å². The van der Waals surface area contributed by atoms with Gasteiger partial charge in [0.25, 0.3) is 0 Å². The number of carboxylic acids is 1. The van der Waals surface area contributed by atoms with Crippen molar-refractivity contribution >= 4 is 5.97 Å². The lowest BCUT2D eigenvalue weighted by Gasteiger charge is -2.33. The maximum atomic E-state index is 12.0. The third-order valence-corrected chi connectivity index (χ3v) is 4.13. The Kier molecular flexibility index (Phi) is 5.34. The lowest BCUT2D eigenvalue weighted by Crippen LogP contribution is -2.45. The van der Waals surface area contributed by atoms with Gasteiger partial charge in [-0.05, 0) is 24.5 Å². The number of hydrogen-bond donors (Lipinski definition) is 1. The van der Waals surface area contributed by atoms with Crippen molar-refractivity contribution in [3.8, 4) is 0 Å². The van der Waals surface area contributed by atoms with Crippen LogP contribution in [0.15, 0.2) is 60.7 Å². The van der Waals surface area contributed by atoms with Crippen LogP contribution in [0.5, 0.6) is 0 Å². The fourth-order valence-electron chi connectivity index (χ4n) is 2.70. The van der Waals surface area contributed by atoms with Crippen LogP contribution in [0, 0.1) is 0 Å². The van der Waals surface area contributed by atoms with E-state index >= 15 is 0 Å². The molecule has 2 aromatic carbocycles. The van der Waals surface area contributed by atoms with Gasteiger partial charge in [-0.2, -0.15) is 0 Å². The highest BCUT2D eigenvalue weighted by Crippen LogP contribution is 2.32. The fourth-order valence-corrected chi connectivity index (χ4v) is 2.70. The lowest BCUT2D eigenvalue weighted by atomic mass is 9.76. The van der Waals surface area contributed by atoms with E-state index < -0.39 is 17.5 Å². The minimum atomic E-state index is -1.06. The van der Waals surface area contributed by atoms with Gasteiger partial charge in [-0.3, -0.25) is 4.79 Å². The van der Waals surface area contributed by atoms with E-state index in [0.717, 1.165) is 11.1 Å². The number of carboxylic acid groups (broad SMARTS) is 1. The summed E-state index contributed by atoms with van der Waals surface area (Å²) in [5.74, 6) is -0.862. The summed E-state index contributed by atoms with van der Waals surface area (Å²) in [6.45, 7) is 4.11. The van der Waals surface area contributed by atoms with E-state index in [1.54, 1.807) is 6.92 Å². The van der Waals surface area contributed by atoms with E-state index in [9.17, 15) is 9.90 Å². The van der Waals surface area contributed by atoms with Gasteiger partial charge in [-0.25, -0.2) is 0 Å². The molecule has 0 bridgehead atoms. The van der Waals surface area contributed by atoms with Crippen LogP contribution < -0.4 is 0 Å². The quantitative estimate of drug-likeness (QED) is 0.839. The van der Waals surface area contributed by atoms with E-state index in [1.165, 1.54) is 0 Å². The van der Waals surface area contributed by atoms with Crippen LogP contribution in [0.3, 0.4) is 0 Å². The normalized spacial score (nSPS) is 15.0. The van der Waals surface area contributed by atoms with Crippen molar-refractivity contribution in [1.29, 1.82) is 0 Å². The Morgan fingerprint density at radius 1 is 1.09 bits per heavy atom. The zero-order chi connectivity index (χ0) is 16.0. The summed E-state index contributed by atoms with van der Waals surface area (Å²) in [6.07, 6.45) is 0.234. The molecule has 0 aliphatic heterocycles. The topological polar surface area (TPSA) is 46.5 Å². The molecule has 0 saturated heterocycles. The molecule has 3 nitrogen and oxygen atoms in total. The van der Waals surface area contributed by atoms with E-state index in [-0.39, 0.29) is 0 Å². The van der Waals surface area contributed by atoms with E-state index in [4.69, 9.17) is 4.74 Å². The molecule has 2 unspecified atom stereocenters. The smallest absolute Gasteiger partial charge is 0.316 e. The molecular formula is C19H22O3. The summed E-state index contributed by atoms with van der Waals surface area (Å²) in [5, 5.41) is 9.80. The molecule has 0 amide bonds. The summed E-state index contributed by atoms with van der Waals surface area (Å²) < 4.78 is 5.98. The zero-order valence-electron chi connectivity index (χ0n) is 13.0. The fraction of sp³-hybridized carbons (Fsp3) is 0.316. The Balaban J connectivity index is 2.23. The first-order chi connectivity index (χ1) is 10.6. The molecule has 2 aromatic rings. The molecule has 3 heteroatoms. The van der Waals surface area contributed by atoms with Crippen LogP contribution in [0.2, 0.25) is 0 Å². The van der Waals surface area contributed by atoms with Crippen molar-refractivity contribution in [2.24, 2.45) is 0 Å². The molecule has 0 aromatic heterocycles. The van der Waals surface area contributed by atoms with Crippen molar-refractivity contribution < 1.29 is 14.6 Å². The van der Waals surface area contributed by atoms with Crippen LogP contribution in [0.4, 0.5) is 0 Å². The number of aliphatic carboxylic acids is 1. The molecule has 0 aliphatic carbocycles. The SMILES string of the molecule is CCC(OCc1ccccc1)C(C)(C(=O)O)c1ccccc1. The first-order valence-corrected chi connectivity index (χ1v) is 7.53. The van der Waals surface area contributed by atoms with Gasteiger partial charge in [0.15, 0.2) is 0 Å². The second kappa shape index (κ2) is 7.23. The highest BCUT2D eigenvalue weighted by atomic mass is 16.5. The van der Waals surface area contributed by atoms with Crippen molar-refractivity contribution in [3.05, 3.63) is 71.8 Å². The molecule has 2 atom stereocenters. The number of ether oxygens (including phenoxy) is 1. The van der Waals surface area contributed by atoms with E-state index in [2.05, 4.69) is 0 Å². The predicted molar refractivity (Wildman–Crippen MR) is 86.7 cm³/mol. The molecular weight excluding hydrogens is 276 g/mol. The number of hydrogen-bond acceptors (Lipinski definition) is 2. The Morgan fingerprint density at radius 2 is 1.64 bits per heavy atom. The number of benzene rings is 2. The van der Waals surface area contributed by atoms with Gasteiger partial charge in [-0.15, -0.1) is 0 Å². The highest BCUT2D eigenvalue weighted by Gasteiger charge is 2.43.